The Hall–Kier alpha value is -1.55. The summed E-state index contributed by atoms with van der Waals surface area (Å²) in [5, 5.41) is 9.21. The smallest absolute Gasteiger partial charge is 0.198 e. The topological polar surface area (TPSA) is 72.3 Å². The molecule has 0 unspecified atom stereocenters. The molecule has 1 aromatic carbocycles. The SMILES string of the molecule is Nc1ccc2oc(C3CC(O)C3)nc2c1. The molecule has 1 heterocycles. The molecular weight excluding hydrogens is 192 g/mol. The number of aliphatic hydroxyl groups excluding tert-OH is 1. The van der Waals surface area contributed by atoms with Gasteiger partial charge in [-0.25, -0.2) is 4.98 Å². The summed E-state index contributed by atoms with van der Waals surface area (Å²) in [5.41, 5.74) is 7.91. The number of fused-ring (bicyclic) bond motifs is 1. The minimum Gasteiger partial charge on any atom is -0.440 e. The summed E-state index contributed by atoms with van der Waals surface area (Å²) in [6.07, 6.45) is 1.32. The van der Waals surface area contributed by atoms with Gasteiger partial charge in [-0.2, -0.15) is 0 Å². The zero-order valence-corrected chi connectivity index (χ0v) is 8.18. The highest BCUT2D eigenvalue weighted by atomic mass is 16.3. The van der Waals surface area contributed by atoms with E-state index in [1.807, 2.05) is 6.07 Å². The summed E-state index contributed by atoms with van der Waals surface area (Å²) >= 11 is 0. The molecular formula is C11H12N2O2. The molecule has 1 aliphatic rings. The average molecular weight is 204 g/mol. The maximum absolute atomic E-state index is 9.21. The second-order valence-electron chi connectivity index (χ2n) is 4.10. The molecule has 4 heteroatoms. The summed E-state index contributed by atoms with van der Waals surface area (Å²) in [6, 6.07) is 5.43. The van der Waals surface area contributed by atoms with Gasteiger partial charge in [-0.15, -0.1) is 0 Å². The standard InChI is InChI=1S/C11H12N2O2/c12-7-1-2-10-9(5-7)13-11(15-10)6-3-8(14)4-6/h1-2,5-6,8,14H,3-4,12H2. The van der Waals surface area contributed by atoms with E-state index < -0.39 is 0 Å². The molecule has 78 valence electrons. The molecule has 0 spiro atoms. The maximum atomic E-state index is 9.21. The first kappa shape index (κ1) is 8.73. The van der Waals surface area contributed by atoms with E-state index in [2.05, 4.69) is 4.98 Å². The van der Waals surface area contributed by atoms with E-state index in [1.165, 1.54) is 0 Å². The van der Waals surface area contributed by atoms with Gasteiger partial charge in [0.2, 0.25) is 0 Å². The second-order valence-corrected chi connectivity index (χ2v) is 4.10. The van der Waals surface area contributed by atoms with Crippen molar-refractivity contribution < 1.29 is 9.52 Å². The lowest BCUT2D eigenvalue weighted by Gasteiger charge is -2.28. The average Bonchev–Trinajstić information content (AvgIpc) is 2.55. The van der Waals surface area contributed by atoms with Gasteiger partial charge in [0, 0.05) is 11.6 Å². The molecule has 1 saturated carbocycles. The summed E-state index contributed by atoms with van der Waals surface area (Å²) in [7, 11) is 0. The van der Waals surface area contributed by atoms with Crippen molar-refractivity contribution in [3.63, 3.8) is 0 Å². The molecule has 0 amide bonds. The van der Waals surface area contributed by atoms with Gasteiger partial charge >= 0.3 is 0 Å². The van der Waals surface area contributed by atoms with Crippen LogP contribution in [0.25, 0.3) is 11.1 Å². The molecule has 4 nitrogen and oxygen atoms in total. The third-order valence-corrected chi connectivity index (χ3v) is 2.89. The van der Waals surface area contributed by atoms with Gasteiger partial charge in [0.15, 0.2) is 11.5 Å². The van der Waals surface area contributed by atoms with Gasteiger partial charge in [-0.3, -0.25) is 0 Å². The van der Waals surface area contributed by atoms with E-state index >= 15 is 0 Å². The molecule has 0 radical (unpaired) electrons. The number of hydrogen-bond donors (Lipinski definition) is 2. The molecule has 0 aliphatic heterocycles. The maximum Gasteiger partial charge on any atom is 0.198 e. The Labute approximate surface area is 86.7 Å². The van der Waals surface area contributed by atoms with Gasteiger partial charge < -0.3 is 15.3 Å². The third-order valence-electron chi connectivity index (χ3n) is 2.89. The summed E-state index contributed by atoms with van der Waals surface area (Å²) in [4.78, 5) is 4.37. The van der Waals surface area contributed by atoms with Crippen LogP contribution in [-0.2, 0) is 0 Å². The lowest BCUT2D eigenvalue weighted by atomic mass is 9.82. The van der Waals surface area contributed by atoms with Crippen molar-refractivity contribution in [1.82, 2.24) is 4.98 Å². The van der Waals surface area contributed by atoms with E-state index in [4.69, 9.17) is 10.2 Å². The first-order valence-electron chi connectivity index (χ1n) is 5.06. The zero-order valence-electron chi connectivity index (χ0n) is 8.18. The molecule has 0 saturated heterocycles. The van der Waals surface area contributed by atoms with E-state index in [9.17, 15) is 5.11 Å². The fraction of sp³-hybridized carbons (Fsp3) is 0.364. The molecule has 3 rings (SSSR count). The zero-order chi connectivity index (χ0) is 10.4. The number of hydrogen-bond acceptors (Lipinski definition) is 4. The van der Waals surface area contributed by atoms with Crippen LogP contribution in [0.5, 0.6) is 0 Å². The Morgan fingerprint density at radius 1 is 1.40 bits per heavy atom. The largest absolute Gasteiger partial charge is 0.440 e. The number of aromatic nitrogens is 1. The Bertz CT molecular complexity index is 500. The Morgan fingerprint density at radius 3 is 2.93 bits per heavy atom. The quantitative estimate of drug-likeness (QED) is 0.693. The minimum atomic E-state index is -0.185. The third kappa shape index (κ3) is 1.37. The highest BCUT2D eigenvalue weighted by Gasteiger charge is 2.32. The molecule has 1 fully saturated rings. The number of oxazole rings is 1. The second kappa shape index (κ2) is 2.97. The van der Waals surface area contributed by atoms with Crippen LogP contribution in [0.1, 0.15) is 24.7 Å². The number of nitrogens with two attached hydrogens (primary N) is 1. The summed E-state index contributed by atoms with van der Waals surface area (Å²) < 4.78 is 5.60. The highest BCUT2D eigenvalue weighted by Crippen LogP contribution is 2.37. The van der Waals surface area contributed by atoms with Crippen molar-refractivity contribution in [3.8, 4) is 0 Å². The lowest BCUT2D eigenvalue weighted by Crippen LogP contribution is -2.26. The number of aliphatic hydroxyl groups is 1. The van der Waals surface area contributed by atoms with E-state index in [1.54, 1.807) is 12.1 Å². The van der Waals surface area contributed by atoms with Crippen LogP contribution in [0.15, 0.2) is 22.6 Å². The molecule has 0 atom stereocenters. The van der Waals surface area contributed by atoms with Crippen molar-refractivity contribution in [2.24, 2.45) is 0 Å². The first-order chi connectivity index (χ1) is 7.22. The molecule has 1 aromatic heterocycles. The van der Waals surface area contributed by atoms with Crippen LogP contribution in [0, 0.1) is 0 Å². The van der Waals surface area contributed by atoms with Gasteiger partial charge in [-0.1, -0.05) is 0 Å². The van der Waals surface area contributed by atoms with Crippen molar-refractivity contribution in [3.05, 3.63) is 24.1 Å². The molecule has 1 aliphatic carbocycles. The van der Waals surface area contributed by atoms with E-state index in [0.717, 1.165) is 29.8 Å². The van der Waals surface area contributed by atoms with Crippen molar-refractivity contribution in [2.45, 2.75) is 24.9 Å². The highest BCUT2D eigenvalue weighted by molar-refractivity contribution is 5.76. The summed E-state index contributed by atoms with van der Waals surface area (Å²) in [5.74, 6) is 0.995. The molecule has 2 aromatic rings. The normalized spacial score (nSPS) is 25.4. The minimum absolute atomic E-state index is 0.185. The fourth-order valence-electron chi connectivity index (χ4n) is 1.93. The molecule has 15 heavy (non-hydrogen) atoms. The van der Waals surface area contributed by atoms with Gasteiger partial charge in [0.05, 0.1) is 6.10 Å². The van der Waals surface area contributed by atoms with Crippen LogP contribution in [0.3, 0.4) is 0 Å². The number of nitrogens with zero attached hydrogens (tertiary/aromatic N) is 1. The molecule has 0 bridgehead atoms. The monoisotopic (exact) mass is 204 g/mol. The van der Waals surface area contributed by atoms with Crippen molar-refractivity contribution in [2.75, 3.05) is 5.73 Å². The number of nitrogen functional groups attached to an aromatic ring is 1. The van der Waals surface area contributed by atoms with Crippen LogP contribution in [-0.4, -0.2) is 16.2 Å². The Balaban J connectivity index is 1.99. The van der Waals surface area contributed by atoms with Crippen LogP contribution >= 0.6 is 0 Å². The van der Waals surface area contributed by atoms with Gasteiger partial charge in [0.25, 0.3) is 0 Å². The summed E-state index contributed by atoms with van der Waals surface area (Å²) in [6.45, 7) is 0. The fourth-order valence-corrected chi connectivity index (χ4v) is 1.93. The number of benzene rings is 1. The Kier molecular flexibility index (Phi) is 1.73. The van der Waals surface area contributed by atoms with Crippen LogP contribution < -0.4 is 5.73 Å². The lowest BCUT2D eigenvalue weighted by molar-refractivity contribution is 0.0655. The predicted molar refractivity (Wildman–Crippen MR) is 56.4 cm³/mol. The van der Waals surface area contributed by atoms with Crippen LogP contribution in [0.4, 0.5) is 5.69 Å². The van der Waals surface area contributed by atoms with Gasteiger partial charge in [0.1, 0.15) is 5.52 Å². The van der Waals surface area contributed by atoms with E-state index in [0.29, 0.717) is 5.69 Å². The predicted octanol–water partition coefficient (Wildman–Crippen LogP) is 1.65. The molecule has 3 N–H and O–H groups in total. The number of anilines is 1. The van der Waals surface area contributed by atoms with Crippen molar-refractivity contribution in [1.29, 1.82) is 0 Å². The van der Waals surface area contributed by atoms with E-state index in [-0.39, 0.29) is 12.0 Å². The Morgan fingerprint density at radius 2 is 2.20 bits per heavy atom. The number of rotatable bonds is 1. The van der Waals surface area contributed by atoms with Crippen LogP contribution in [0.2, 0.25) is 0 Å². The first-order valence-corrected chi connectivity index (χ1v) is 5.06. The van der Waals surface area contributed by atoms with Crippen molar-refractivity contribution >= 4 is 16.8 Å². The van der Waals surface area contributed by atoms with Gasteiger partial charge in [-0.05, 0) is 31.0 Å².